The van der Waals surface area contributed by atoms with Gasteiger partial charge in [0.05, 0.1) is 18.1 Å². The second-order valence-electron chi connectivity index (χ2n) is 6.20. The third-order valence-electron chi connectivity index (χ3n) is 4.35. The van der Waals surface area contributed by atoms with Gasteiger partial charge >= 0.3 is 5.97 Å². The molecule has 1 heterocycles. The van der Waals surface area contributed by atoms with E-state index >= 15 is 0 Å². The molecule has 2 N–H and O–H groups in total. The summed E-state index contributed by atoms with van der Waals surface area (Å²) >= 11 is 0. The number of rotatable bonds is 6. The van der Waals surface area contributed by atoms with Gasteiger partial charge < -0.3 is 20.1 Å². The minimum absolute atomic E-state index is 0.111. The maximum atomic E-state index is 12.5. The first-order valence-corrected chi connectivity index (χ1v) is 8.65. The van der Waals surface area contributed by atoms with Gasteiger partial charge in [-0.1, -0.05) is 0 Å². The first-order valence-electron chi connectivity index (χ1n) is 8.65. The maximum Gasteiger partial charge on any atom is 0.335 e. The molecular formula is C20H20N2O5. The summed E-state index contributed by atoms with van der Waals surface area (Å²) in [4.78, 5) is 37.3. The molecule has 1 aliphatic heterocycles. The topological polar surface area (TPSA) is 95.9 Å². The average Bonchev–Trinajstić information content (AvgIpc) is 3.05. The molecule has 2 aromatic rings. The summed E-state index contributed by atoms with van der Waals surface area (Å²) in [5.41, 5.74) is 1.37. The van der Waals surface area contributed by atoms with Crippen molar-refractivity contribution in [1.29, 1.82) is 0 Å². The molecule has 1 fully saturated rings. The van der Waals surface area contributed by atoms with Crippen LogP contribution in [0.25, 0.3) is 0 Å². The molecule has 0 bridgehead atoms. The van der Waals surface area contributed by atoms with E-state index in [-0.39, 0.29) is 23.8 Å². The predicted molar refractivity (Wildman–Crippen MR) is 100 cm³/mol. The zero-order valence-electron chi connectivity index (χ0n) is 14.8. The van der Waals surface area contributed by atoms with Gasteiger partial charge in [-0.25, -0.2) is 4.79 Å². The normalized spacial score (nSPS) is 16.3. The van der Waals surface area contributed by atoms with E-state index in [0.29, 0.717) is 18.8 Å². The Morgan fingerprint density at radius 2 is 1.81 bits per heavy atom. The number of ether oxygens (including phenoxy) is 1. The molecule has 1 aliphatic rings. The van der Waals surface area contributed by atoms with Crippen molar-refractivity contribution in [2.24, 2.45) is 5.92 Å². The minimum Gasteiger partial charge on any atom is -0.494 e. The Morgan fingerprint density at radius 3 is 2.41 bits per heavy atom. The molecule has 7 nitrogen and oxygen atoms in total. The molecule has 3 rings (SSSR count). The molecule has 1 saturated heterocycles. The van der Waals surface area contributed by atoms with Gasteiger partial charge in [0.25, 0.3) is 0 Å². The van der Waals surface area contributed by atoms with Gasteiger partial charge in [-0.05, 0) is 55.5 Å². The molecule has 0 aliphatic carbocycles. The molecule has 0 saturated carbocycles. The average molecular weight is 368 g/mol. The van der Waals surface area contributed by atoms with Crippen molar-refractivity contribution in [1.82, 2.24) is 0 Å². The quantitative estimate of drug-likeness (QED) is 0.817. The lowest BCUT2D eigenvalue weighted by Crippen LogP contribution is -2.28. The Hall–Kier alpha value is -3.35. The summed E-state index contributed by atoms with van der Waals surface area (Å²) in [6.45, 7) is 2.76. The molecule has 0 aromatic heterocycles. The minimum atomic E-state index is -1.03. The van der Waals surface area contributed by atoms with Crippen LogP contribution in [0.4, 0.5) is 11.4 Å². The highest BCUT2D eigenvalue weighted by Crippen LogP contribution is 2.27. The number of carbonyl (C=O) groups excluding carboxylic acids is 2. The molecule has 2 amide bonds. The lowest BCUT2D eigenvalue weighted by Gasteiger charge is -2.17. The second kappa shape index (κ2) is 7.90. The molecule has 7 heteroatoms. The van der Waals surface area contributed by atoms with Crippen molar-refractivity contribution in [3.63, 3.8) is 0 Å². The van der Waals surface area contributed by atoms with E-state index in [9.17, 15) is 14.4 Å². The monoisotopic (exact) mass is 368 g/mol. The number of benzene rings is 2. The Kier molecular flexibility index (Phi) is 5.40. The van der Waals surface area contributed by atoms with Crippen molar-refractivity contribution in [3.05, 3.63) is 54.1 Å². The molecule has 1 atom stereocenters. The van der Waals surface area contributed by atoms with E-state index in [1.807, 2.05) is 6.92 Å². The first kappa shape index (κ1) is 18.4. The number of hydrogen-bond acceptors (Lipinski definition) is 4. The van der Waals surface area contributed by atoms with Gasteiger partial charge in [0, 0.05) is 24.3 Å². The Morgan fingerprint density at radius 1 is 1.15 bits per heavy atom. The maximum absolute atomic E-state index is 12.5. The zero-order chi connectivity index (χ0) is 19.4. The van der Waals surface area contributed by atoms with Crippen molar-refractivity contribution < 1.29 is 24.2 Å². The number of carboxylic acids is 1. The zero-order valence-corrected chi connectivity index (χ0v) is 14.8. The Balaban J connectivity index is 1.63. The molecule has 27 heavy (non-hydrogen) atoms. The van der Waals surface area contributed by atoms with Crippen LogP contribution < -0.4 is 15.0 Å². The summed E-state index contributed by atoms with van der Waals surface area (Å²) in [7, 11) is 0. The van der Waals surface area contributed by atoms with E-state index in [1.165, 1.54) is 24.3 Å². The number of hydrogen-bond donors (Lipinski definition) is 2. The van der Waals surface area contributed by atoms with Crippen LogP contribution in [-0.4, -0.2) is 36.0 Å². The van der Waals surface area contributed by atoms with E-state index in [4.69, 9.17) is 9.84 Å². The largest absolute Gasteiger partial charge is 0.494 e. The molecule has 140 valence electrons. The second-order valence-corrected chi connectivity index (χ2v) is 6.20. The smallest absolute Gasteiger partial charge is 0.335 e. The number of amides is 2. The van der Waals surface area contributed by atoms with Gasteiger partial charge in [-0.2, -0.15) is 0 Å². The fourth-order valence-electron chi connectivity index (χ4n) is 2.96. The van der Waals surface area contributed by atoms with Crippen LogP contribution in [0.5, 0.6) is 5.75 Å². The highest BCUT2D eigenvalue weighted by atomic mass is 16.5. The van der Waals surface area contributed by atoms with Crippen LogP contribution in [-0.2, 0) is 9.59 Å². The number of aromatic carboxylic acids is 1. The van der Waals surface area contributed by atoms with E-state index in [2.05, 4.69) is 5.32 Å². The third-order valence-corrected chi connectivity index (χ3v) is 4.35. The summed E-state index contributed by atoms with van der Waals surface area (Å²) in [6, 6.07) is 13.1. The van der Waals surface area contributed by atoms with Gasteiger partial charge in [0.1, 0.15) is 5.75 Å². The van der Waals surface area contributed by atoms with Crippen LogP contribution in [0.1, 0.15) is 23.7 Å². The van der Waals surface area contributed by atoms with Crippen LogP contribution in [0.15, 0.2) is 48.5 Å². The fourth-order valence-corrected chi connectivity index (χ4v) is 2.96. The third kappa shape index (κ3) is 4.25. The van der Waals surface area contributed by atoms with Gasteiger partial charge in [-0.3, -0.25) is 9.59 Å². The lowest BCUT2D eigenvalue weighted by molar-refractivity contribution is -0.122. The van der Waals surface area contributed by atoms with Gasteiger partial charge in [0.15, 0.2) is 0 Å². The molecular weight excluding hydrogens is 348 g/mol. The van der Waals surface area contributed by atoms with Crippen molar-refractivity contribution in [3.8, 4) is 5.75 Å². The van der Waals surface area contributed by atoms with Gasteiger partial charge in [0.2, 0.25) is 11.8 Å². The lowest BCUT2D eigenvalue weighted by atomic mass is 10.1. The standard InChI is InChI=1S/C20H20N2O5/c1-2-27-17-9-7-16(8-10-17)22-12-14(11-18(22)23)19(24)21-15-5-3-13(4-6-15)20(25)26/h3-10,14H,2,11-12H2,1H3,(H,21,24)(H,25,26)/t14-/m1/s1. The number of carbonyl (C=O) groups is 3. The van der Waals surface area contributed by atoms with Crippen molar-refractivity contribution >= 4 is 29.2 Å². The first-order chi connectivity index (χ1) is 13.0. The van der Waals surface area contributed by atoms with Crippen LogP contribution in [0.3, 0.4) is 0 Å². The fraction of sp³-hybridized carbons (Fsp3) is 0.250. The molecule has 0 spiro atoms. The Labute approximate surface area is 156 Å². The van der Waals surface area contributed by atoms with Crippen LogP contribution in [0, 0.1) is 5.92 Å². The molecule has 2 aromatic carbocycles. The highest BCUT2D eigenvalue weighted by molar-refractivity contribution is 6.03. The van der Waals surface area contributed by atoms with Crippen molar-refractivity contribution in [2.75, 3.05) is 23.4 Å². The van der Waals surface area contributed by atoms with Crippen LogP contribution >= 0.6 is 0 Å². The summed E-state index contributed by atoms with van der Waals surface area (Å²) in [5.74, 6) is -1.14. The van der Waals surface area contributed by atoms with E-state index in [1.54, 1.807) is 29.2 Å². The highest BCUT2D eigenvalue weighted by Gasteiger charge is 2.35. The Bertz CT molecular complexity index is 846. The van der Waals surface area contributed by atoms with Crippen LogP contribution in [0.2, 0.25) is 0 Å². The van der Waals surface area contributed by atoms with E-state index in [0.717, 1.165) is 11.4 Å². The van der Waals surface area contributed by atoms with Gasteiger partial charge in [-0.15, -0.1) is 0 Å². The number of anilines is 2. The molecule has 0 unspecified atom stereocenters. The summed E-state index contributed by atoms with van der Waals surface area (Å²) in [6.07, 6.45) is 0.131. The molecule has 0 radical (unpaired) electrons. The van der Waals surface area contributed by atoms with E-state index < -0.39 is 11.9 Å². The van der Waals surface area contributed by atoms with Crippen molar-refractivity contribution in [2.45, 2.75) is 13.3 Å². The number of nitrogens with one attached hydrogen (secondary N) is 1. The number of nitrogens with zero attached hydrogens (tertiary/aromatic N) is 1. The SMILES string of the molecule is CCOc1ccc(N2C[C@H](C(=O)Nc3ccc(C(=O)O)cc3)CC2=O)cc1. The predicted octanol–water partition coefficient (Wildman–Crippen LogP) is 2.78. The summed E-state index contributed by atoms with van der Waals surface area (Å²) in [5, 5.41) is 11.6. The summed E-state index contributed by atoms with van der Waals surface area (Å²) < 4.78 is 5.39. The number of carboxylic acid groups (broad SMARTS) is 1.